The Labute approximate surface area is 420 Å². The van der Waals surface area contributed by atoms with Gasteiger partial charge in [0.1, 0.15) is 35.4 Å². The number of hydrogen-bond donors (Lipinski definition) is 8. The molecule has 6 amide bonds. The van der Waals surface area contributed by atoms with Crippen molar-refractivity contribution >= 4 is 68.8 Å². The third kappa shape index (κ3) is 21.0. The molecule has 0 aliphatic carbocycles. The van der Waals surface area contributed by atoms with E-state index in [-0.39, 0.29) is 25.7 Å². The highest BCUT2D eigenvalue weighted by Crippen LogP contribution is 2.44. The first kappa shape index (κ1) is 61.4. The number of methoxy groups -OCH3 is 4. The van der Waals surface area contributed by atoms with Gasteiger partial charge in [-0.25, -0.2) is 9.59 Å². The molecule has 394 valence electrons. The summed E-state index contributed by atoms with van der Waals surface area (Å²) in [4.78, 5) is 83.1. The summed E-state index contributed by atoms with van der Waals surface area (Å²) in [7, 11) is 8.36. The van der Waals surface area contributed by atoms with Crippen LogP contribution in [-0.2, 0) is 47.6 Å². The Balaban J connectivity index is 2.48. The number of aliphatic hydroxyl groups is 2. The Morgan fingerprint density at radius 2 is 0.814 bits per heavy atom. The van der Waals surface area contributed by atoms with Crippen molar-refractivity contribution in [2.24, 2.45) is 10.8 Å². The van der Waals surface area contributed by atoms with E-state index in [1.807, 2.05) is 0 Å². The Hall–Kier alpha value is -4.68. The maximum atomic E-state index is 14.4. The fourth-order valence-electron chi connectivity index (χ4n) is 6.82. The van der Waals surface area contributed by atoms with Crippen LogP contribution in [0.3, 0.4) is 0 Å². The van der Waals surface area contributed by atoms with Crippen LogP contribution < -0.4 is 31.9 Å². The molecule has 0 heterocycles. The highest BCUT2D eigenvalue weighted by molar-refractivity contribution is 8.76. The van der Waals surface area contributed by atoms with Crippen molar-refractivity contribution in [1.82, 2.24) is 21.3 Å². The zero-order valence-electron chi connectivity index (χ0n) is 42.9. The molecule has 4 atom stereocenters. The van der Waals surface area contributed by atoms with E-state index in [1.165, 1.54) is 50.0 Å². The van der Waals surface area contributed by atoms with E-state index in [0.29, 0.717) is 21.2 Å². The molecule has 0 aromatic heterocycles. The van der Waals surface area contributed by atoms with Crippen LogP contribution in [0.4, 0.5) is 21.0 Å². The quantitative estimate of drug-likeness (QED) is 0.0379. The number of para-hydroxylation sites is 2. The summed E-state index contributed by atoms with van der Waals surface area (Å²) in [6.45, 7) is 16.1. The number of carbonyl (C=O) groups excluding carboxylic acids is 6. The normalized spacial score (nSPS) is 13.9. The maximum Gasteiger partial charge on any atom is 0.408 e. The maximum absolute atomic E-state index is 14.4. The molecule has 2 aromatic carbocycles. The molecule has 0 aliphatic heterocycles. The lowest BCUT2D eigenvalue weighted by Gasteiger charge is -2.36. The van der Waals surface area contributed by atoms with Crippen LogP contribution in [0.2, 0.25) is 0 Å². The lowest BCUT2D eigenvalue weighted by Crippen LogP contribution is -2.58. The number of hydrogen-bond acceptors (Lipinski definition) is 16. The van der Waals surface area contributed by atoms with Crippen LogP contribution in [0.25, 0.3) is 0 Å². The van der Waals surface area contributed by atoms with Gasteiger partial charge in [-0.1, -0.05) is 73.5 Å². The third-order valence-electron chi connectivity index (χ3n) is 10.5. The number of ether oxygens (including phenoxy) is 6. The van der Waals surface area contributed by atoms with Gasteiger partial charge in [0.15, 0.2) is 12.6 Å². The van der Waals surface area contributed by atoms with Crippen molar-refractivity contribution in [3.63, 3.8) is 0 Å². The smallest absolute Gasteiger partial charge is 0.408 e. The van der Waals surface area contributed by atoms with Crippen molar-refractivity contribution < 1.29 is 67.4 Å². The first-order valence-corrected chi connectivity index (χ1v) is 24.9. The average molecular weight is 1030 g/mol. The Kier molecular flexibility index (Phi) is 24.9. The Bertz CT molecular complexity index is 1880. The van der Waals surface area contributed by atoms with Crippen LogP contribution in [0.5, 0.6) is 0 Å². The fourth-order valence-corrected chi connectivity index (χ4v) is 9.09. The lowest BCUT2D eigenvalue weighted by molar-refractivity contribution is -0.139. The number of carbonyl (C=O) groups is 6. The molecule has 2 unspecified atom stereocenters. The predicted octanol–water partition coefficient (Wildman–Crippen LogP) is 5.95. The van der Waals surface area contributed by atoms with Gasteiger partial charge >= 0.3 is 12.2 Å². The van der Waals surface area contributed by atoms with Crippen LogP contribution in [0, 0.1) is 10.8 Å². The van der Waals surface area contributed by atoms with E-state index in [2.05, 4.69) is 31.9 Å². The number of rotatable bonds is 27. The van der Waals surface area contributed by atoms with E-state index in [4.69, 9.17) is 28.4 Å². The number of amides is 6. The lowest BCUT2D eigenvalue weighted by atomic mass is 9.80. The first-order valence-electron chi connectivity index (χ1n) is 22.7. The summed E-state index contributed by atoms with van der Waals surface area (Å²) in [5.41, 5.74) is -2.98. The molecule has 0 fully saturated rings. The van der Waals surface area contributed by atoms with Gasteiger partial charge in [0.05, 0.1) is 11.4 Å². The number of benzene rings is 2. The zero-order chi connectivity index (χ0) is 53.0. The minimum atomic E-state index is -1.25. The highest BCUT2D eigenvalue weighted by Gasteiger charge is 2.42. The van der Waals surface area contributed by atoms with Crippen LogP contribution in [-0.4, -0.2) is 136 Å². The molecule has 0 bridgehead atoms. The molecule has 0 aliphatic rings. The summed E-state index contributed by atoms with van der Waals surface area (Å²) in [6, 6.07) is 9.01. The SMILES string of the molecule is COC(CC(C)(C)C(NC(=O)[C@H](CCO)NC(=O)OC(C)(C)C)C(=O)Nc1ccccc1SSc1ccccc1NC(=O)C(NC(=O)[C@H](CCO)NC(=O)OC(C)(C)C)C(C)(C)CC(OC)OC)OC. The standard InChI is InChI=1S/C48H76N6O14S2/c1-45(2,3)67-43(61)51-31(23-25-55)39(57)53-37(47(7,8)27-35(63-11)64-12)41(59)49-29-19-15-17-21-33(29)69-70-34-22-18-16-20-30(34)50-42(60)38(48(9,10)28-36(65-13)66-14)54-40(58)32(24-26-56)52-44(62)68-46(4,5)6/h15-22,31-32,35-38,55-56H,23-28H2,1-14H3,(H,49,59)(H,50,60)(H,51,61)(H,52,62)(H,53,57)(H,54,58)/t31-,32-,37?,38?/m0/s1. The zero-order valence-corrected chi connectivity index (χ0v) is 44.6. The molecule has 2 rings (SSSR count). The van der Waals surface area contributed by atoms with Gasteiger partial charge in [0.2, 0.25) is 23.6 Å². The van der Waals surface area contributed by atoms with Gasteiger partial charge in [-0.2, -0.15) is 0 Å². The molecule has 2 aromatic rings. The molecule has 8 N–H and O–H groups in total. The van der Waals surface area contributed by atoms with Crippen molar-refractivity contribution in [3.05, 3.63) is 48.5 Å². The molecule has 0 radical (unpaired) electrons. The van der Waals surface area contributed by atoms with Crippen LogP contribution in [0.15, 0.2) is 58.3 Å². The third-order valence-corrected chi connectivity index (χ3v) is 12.9. The molecule has 70 heavy (non-hydrogen) atoms. The number of alkyl carbamates (subject to hydrolysis) is 2. The van der Waals surface area contributed by atoms with Crippen molar-refractivity contribution in [1.29, 1.82) is 0 Å². The average Bonchev–Trinajstić information content (AvgIpc) is 3.26. The van der Waals surface area contributed by atoms with Crippen molar-refractivity contribution in [2.45, 2.75) is 153 Å². The molecule has 0 saturated heterocycles. The minimum Gasteiger partial charge on any atom is -0.444 e. The molecular formula is C48H76N6O14S2. The van der Waals surface area contributed by atoms with Gasteiger partial charge in [-0.15, -0.1) is 0 Å². The molecule has 0 spiro atoms. The highest BCUT2D eigenvalue weighted by atomic mass is 33.1. The monoisotopic (exact) mass is 1020 g/mol. The van der Waals surface area contributed by atoms with Gasteiger partial charge in [0, 0.05) is 64.3 Å². The second kappa shape index (κ2) is 28.4. The van der Waals surface area contributed by atoms with Gasteiger partial charge < -0.3 is 70.5 Å². The van der Waals surface area contributed by atoms with Crippen LogP contribution in [0.1, 0.15) is 94.9 Å². The summed E-state index contributed by atoms with van der Waals surface area (Å²) in [5.74, 6) is -2.67. The summed E-state index contributed by atoms with van der Waals surface area (Å²) in [6.07, 6.45) is -3.25. The molecule has 20 nitrogen and oxygen atoms in total. The molecule has 22 heteroatoms. The second-order valence-corrected chi connectivity index (χ2v) is 21.8. The van der Waals surface area contributed by atoms with E-state index < -0.39 is 108 Å². The van der Waals surface area contributed by atoms with Crippen LogP contribution >= 0.6 is 21.6 Å². The topological polar surface area (TPSA) is 270 Å². The summed E-state index contributed by atoms with van der Waals surface area (Å²) < 4.78 is 32.5. The number of aliphatic hydroxyl groups excluding tert-OH is 2. The van der Waals surface area contributed by atoms with Crippen molar-refractivity contribution in [2.75, 3.05) is 52.3 Å². The van der Waals surface area contributed by atoms with E-state index in [9.17, 15) is 39.0 Å². The first-order chi connectivity index (χ1) is 32.6. The molecular weight excluding hydrogens is 949 g/mol. The summed E-state index contributed by atoms with van der Waals surface area (Å²) >= 11 is 0. The minimum absolute atomic E-state index is 0.157. The van der Waals surface area contributed by atoms with Gasteiger partial charge in [-0.3, -0.25) is 19.2 Å². The van der Waals surface area contributed by atoms with Gasteiger partial charge in [0.25, 0.3) is 0 Å². The fraction of sp³-hybridized carbons (Fsp3) is 0.625. The van der Waals surface area contributed by atoms with E-state index in [0.717, 1.165) is 0 Å². The Morgan fingerprint density at radius 3 is 1.10 bits per heavy atom. The number of anilines is 2. The second-order valence-electron chi connectivity index (χ2n) is 19.6. The van der Waals surface area contributed by atoms with E-state index in [1.54, 1.807) is 118 Å². The molecule has 0 saturated carbocycles. The summed E-state index contributed by atoms with van der Waals surface area (Å²) in [5, 5.41) is 36.1. The Morgan fingerprint density at radius 1 is 0.500 bits per heavy atom. The number of nitrogens with one attached hydrogen (secondary N) is 6. The van der Waals surface area contributed by atoms with Crippen molar-refractivity contribution in [3.8, 4) is 0 Å². The largest absolute Gasteiger partial charge is 0.444 e. The predicted molar refractivity (Wildman–Crippen MR) is 268 cm³/mol. The van der Waals surface area contributed by atoms with E-state index >= 15 is 0 Å². The van der Waals surface area contributed by atoms with Gasteiger partial charge in [-0.05, 0) is 89.5 Å².